The maximum absolute atomic E-state index is 3.58. The molecule has 0 aliphatic heterocycles. The van der Waals surface area contributed by atoms with Crippen LogP contribution in [0.1, 0.15) is 5.56 Å². The average molecular weight is 271 g/mol. The molecule has 0 radical (unpaired) electrons. The molecule has 0 nitrogen and oxygen atoms in total. The summed E-state index contributed by atoms with van der Waals surface area (Å²) in [6.45, 7) is 2.15. The summed E-state index contributed by atoms with van der Waals surface area (Å²) in [6, 6.07) is 17.3. The summed E-state index contributed by atoms with van der Waals surface area (Å²) in [4.78, 5) is 0. The zero-order valence-corrected chi connectivity index (χ0v) is 10.6. The summed E-state index contributed by atoms with van der Waals surface area (Å²) in [7, 11) is 0. The Morgan fingerprint density at radius 1 is 0.812 bits per heavy atom. The van der Waals surface area contributed by atoms with Crippen LogP contribution in [0.25, 0.3) is 21.5 Å². The zero-order chi connectivity index (χ0) is 11.1. The normalized spacial score (nSPS) is 11.1. The van der Waals surface area contributed by atoms with Crippen molar-refractivity contribution in [3.05, 3.63) is 58.6 Å². The van der Waals surface area contributed by atoms with E-state index < -0.39 is 0 Å². The molecule has 1 heteroatoms. The Kier molecular flexibility index (Phi) is 2.22. The van der Waals surface area contributed by atoms with E-state index >= 15 is 0 Å². The van der Waals surface area contributed by atoms with Crippen molar-refractivity contribution in [2.75, 3.05) is 0 Å². The van der Waals surface area contributed by atoms with Crippen LogP contribution in [0.2, 0.25) is 0 Å². The van der Waals surface area contributed by atoms with Crippen molar-refractivity contribution in [3.8, 4) is 0 Å². The van der Waals surface area contributed by atoms with Crippen molar-refractivity contribution >= 4 is 37.5 Å². The van der Waals surface area contributed by atoms with Gasteiger partial charge in [0.1, 0.15) is 0 Å². The van der Waals surface area contributed by atoms with Crippen LogP contribution in [0.4, 0.5) is 0 Å². The third-order valence-electron chi connectivity index (χ3n) is 3.09. The Labute approximate surface area is 103 Å². The van der Waals surface area contributed by atoms with E-state index in [0.717, 1.165) is 0 Å². The highest BCUT2D eigenvalue weighted by Gasteiger charge is 2.02. The summed E-state index contributed by atoms with van der Waals surface area (Å²) in [5, 5.41) is 5.24. The maximum Gasteiger partial charge on any atom is 0.0210 e. The smallest absolute Gasteiger partial charge is 0.0210 e. The molecule has 0 spiro atoms. The molecule has 3 aromatic rings. The fourth-order valence-corrected chi connectivity index (χ4v) is 2.48. The number of rotatable bonds is 0. The molecule has 0 saturated carbocycles. The van der Waals surface area contributed by atoms with E-state index in [9.17, 15) is 0 Å². The molecule has 0 atom stereocenters. The predicted molar refractivity (Wildman–Crippen MR) is 73.9 cm³/mol. The Balaban J connectivity index is 2.51. The topological polar surface area (TPSA) is 0 Å². The van der Waals surface area contributed by atoms with Gasteiger partial charge in [-0.2, -0.15) is 0 Å². The van der Waals surface area contributed by atoms with E-state index in [4.69, 9.17) is 0 Å². The molecule has 0 aliphatic rings. The van der Waals surface area contributed by atoms with E-state index in [1.54, 1.807) is 0 Å². The SMILES string of the molecule is Cc1c(Br)ccc2cc3ccccc3cc12. The molecule has 0 fully saturated rings. The lowest BCUT2D eigenvalue weighted by atomic mass is 10.0. The second kappa shape index (κ2) is 3.60. The lowest BCUT2D eigenvalue weighted by molar-refractivity contribution is 1.49. The van der Waals surface area contributed by atoms with Crippen LogP contribution >= 0.6 is 15.9 Å². The van der Waals surface area contributed by atoms with Crippen LogP contribution in [0, 0.1) is 6.92 Å². The van der Waals surface area contributed by atoms with Gasteiger partial charge in [0, 0.05) is 4.47 Å². The summed E-state index contributed by atoms with van der Waals surface area (Å²) in [5.74, 6) is 0. The summed E-state index contributed by atoms with van der Waals surface area (Å²) >= 11 is 3.58. The number of aryl methyl sites for hydroxylation is 1. The number of halogens is 1. The second-order valence-corrected chi connectivity index (χ2v) is 4.95. The quantitative estimate of drug-likeness (QED) is 0.501. The Bertz CT molecular complexity index is 683. The lowest BCUT2D eigenvalue weighted by Gasteiger charge is -2.06. The first-order valence-electron chi connectivity index (χ1n) is 5.33. The van der Waals surface area contributed by atoms with Gasteiger partial charge in [-0.05, 0) is 52.2 Å². The van der Waals surface area contributed by atoms with E-state index in [0.29, 0.717) is 0 Å². The van der Waals surface area contributed by atoms with Gasteiger partial charge in [0.15, 0.2) is 0 Å². The van der Waals surface area contributed by atoms with Crippen LogP contribution < -0.4 is 0 Å². The van der Waals surface area contributed by atoms with Gasteiger partial charge < -0.3 is 0 Å². The third kappa shape index (κ3) is 1.43. The van der Waals surface area contributed by atoms with Gasteiger partial charge in [-0.1, -0.05) is 46.3 Å². The molecule has 0 amide bonds. The Hall–Kier alpha value is -1.34. The zero-order valence-electron chi connectivity index (χ0n) is 9.00. The minimum absolute atomic E-state index is 1.18. The van der Waals surface area contributed by atoms with Gasteiger partial charge >= 0.3 is 0 Å². The number of hydrogen-bond donors (Lipinski definition) is 0. The molecular formula is C15H11Br. The van der Waals surface area contributed by atoms with Gasteiger partial charge in [0.25, 0.3) is 0 Å². The summed E-state index contributed by atoms with van der Waals surface area (Å²) < 4.78 is 1.18. The molecule has 0 aliphatic carbocycles. The van der Waals surface area contributed by atoms with Crippen molar-refractivity contribution in [2.45, 2.75) is 6.92 Å². The number of fused-ring (bicyclic) bond motifs is 2. The Morgan fingerprint density at radius 3 is 2.25 bits per heavy atom. The highest BCUT2D eigenvalue weighted by Crippen LogP contribution is 2.29. The average Bonchev–Trinajstić information content (AvgIpc) is 2.32. The van der Waals surface area contributed by atoms with Crippen molar-refractivity contribution in [2.24, 2.45) is 0 Å². The molecule has 0 N–H and O–H groups in total. The summed E-state index contributed by atoms with van der Waals surface area (Å²) in [6.07, 6.45) is 0. The van der Waals surface area contributed by atoms with Gasteiger partial charge in [-0.15, -0.1) is 0 Å². The van der Waals surface area contributed by atoms with E-state index in [1.807, 2.05) is 0 Å². The summed E-state index contributed by atoms with van der Waals surface area (Å²) in [5.41, 5.74) is 1.31. The highest BCUT2D eigenvalue weighted by molar-refractivity contribution is 9.10. The fourth-order valence-electron chi connectivity index (χ4n) is 2.14. The third-order valence-corrected chi connectivity index (χ3v) is 3.95. The van der Waals surface area contributed by atoms with Crippen molar-refractivity contribution in [1.29, 1.82) is 0 Å². The van der Waals surface area contributed by atoms with Gasteiger partial charge in [0.2, 0.25) is 0 Å². The molecule has 0 heterocycles. The first-order chi connectivity index (χ1) is 7.75. The van der Waals surface area contributed by atoms with Crippen molar-refractivity contribution in [3.63, 3.8) is 0 Å². The van der Waals surface area contributed by atoms with E-state index in [2.05, 4.69) is 71.4 Å². The number of hydrogen-bond acceptors (Lipinski definition) is 0. The maximum atomic E-state index is 3.58. The molecule has 0 unspecified atom stereocenters. The minimum Gasteiger partial charge on any atom is -0.0616 e. The minimum atomic E-state index is 1.18. The molecule has 0 saturated heterocycles. The molecule has 0 aromatic heterocycles. The first-order valence-corrected chi connectivity index (χ1v) is 6.12. The van der Waals surface area contributed by atoms with Crippen LogP contribution in [-0.4, -0.2) is 0 Å². The molecule has 0 bridgehead atoms. The van der Waals surface area contributed by atoms with Crippen LogP contribution in [0.15, 0.2) is 53.0 Å². The molecule has 3 rings (SSSR count). The molecule has 16 heavy (non-hydrogen) atoms. The van der Waals surface area contributed by atoms with Gasteiger partial charge in [-0.3, -0.25) is 0 Å². The van der Waals surface area contributed by atoms with Gasteiger partial charge in [0.05, 0.1) is 0 Å². The van der Waals surface area contributed by atoms with Gasteiger partial charge in [-0.25, -0.2) is 0 Å². The first kappa shape index (κ1) is 9.86. The van der Waals surface area contributed by atoms with Crippen LogP contribution in [0.3, 0.4) is 0 Å². The van der Waals surface area contributed by atoms with E-state index in [-0.39, 0.29) is 0 Å². The molecule has 78 valence electrons. The number of benzene rings is 3. The van der Waals surface area contributed by atoms with Crippen molar-refractivity contribution < 1.29 is 0 Å². The predicted octanol–water partition coefficient (Wildman–Crippen LogP) is 5.06. The standard InChI is InChI=1S/C15H11Br/c1-10-14-9-12-5-3-2-4-11(12)8-13(14)6-7-15(10)16/h2-9H,1H3. The fraction of sp³-hybridized carbons (Fsp3) is 0.0667. The monoisotopic (exact) mass is 270 g/mol. The second-order valence-electron chi connectivity index (χ2n) is 4.09. The Morgan fingerprint density at radius 2 is 1.50 bits per heavy atom. The lowest BCUT2D eigenvalue weighted by Crippen LogP contribution is -1.81. The van der Waals surface area contributed by atoms with Crippen molar-refractivity contribution in [1.82, 2.24) is 0 Å². The van der Waals surface area contributed by atoms with Crippen LogP contribution in [0.5, 0.6) is 0 Å². The molecular weight excluding hydrogens is 260 g/mol. The van der Waals surface area contributed by atoms with Crippen LogP contribution in [-0.2, 0) is 0 Å². The van der Waals surface area contributed by atoms with E-state index in [1.165, 1.54) is 31.6 Å². The highest BCUT2D eigenvalue weighted by atomic mass is 79.9. The largest absolute Gasteiger partial charge is 0.0616 e. The molecule has 3 aromatic carbocycles.